The summed E-state index contributed by atoms with van der Waals surface area (Å²) < 4.78 is 7.38. The first-order valence-corrected chi connectivity index (χ1v) is 11.2. The van der Waals surface area contributed by atoms with Gasteiger partial charge in [0, 0.05) is 42.7 Å². The highest BCUT2D eigenvalue weighted by atomic mass is 35.5. The van der Waals surface area contributed by atoms with Gasteiger partial charge in [-0.15, -0.1) is 5.10 Å². The predicted octanol–water partition coefficient (Wildman–Crippen LogP) is 4.60. The topological polar surface area (TPSA) is 54.5 Å². The van der Waals surface area contributed by atoms with Crippen LogP contribution >= 0.6 is 23.8 Å². The number of carbonyl (C=O) groups is 1. The van der Waals surface area contributed by atoms with Crippen molar-refractivity contribution in [3.63, 3.8) is 0 Å². The molecule has 0 N–H and O–H groups in total. The van der Waals surface area contributed by atoms with Crippen molar-refractivity contribution in [3.05, 3.63) is 34.1 Å². The molecular formula is C21H27ClN4O2S. The molecule has 0 radical (unpaired) electrons. The number of amides is 1. The van der Waals surface area contributed by atoms with Crippen molar-refractivity contribution in [1.29, 1.82) is 0 Å². The fraction of sp³-hybridized carbons (Fsp3) is 0.571. The van der Waals surface area contributed by atoms with Gasteiger partial charge in [0.25, 0.3) is 4.84 Å². The summed E-state index contributed by atoms with van der Waals surface area (Å²) in [6.07, 6.45) is 6.56. The lowest BCUT2D eigenvalue weighted by Crippen LogP contribution is -2.43. The van der Waals surface area contributed by atoms with Gasteiger partial charge in [-0.05, 0) is 56.1 Å². The maximum atomic E-state index is 12.9. The molecule has 0 unspecified atom stereocenters. The van der Waals surface area contributed by atoms with E-state index in [9.17, 15) is 4.79 Å². The summed E-state index contributed by atoms with van der Waals surface area (Å²) in [5, 5.41) is 5.16. The second-order valence-electron chi connectivity index (χ2n) is 7.96. The summed E-state index contributed by atoms with van der Waals surface area (Å²) in [4.78, 5) is 17.6. The van der Waals surface area contributed by atoms with E-state index in [2.05, 4.69) is 14.9 Å². The number of nitrogens with zero attached hydrogens (tertiary/aromatic N) is 4. The van der Waals surface area contributed by atoms with E-state index in [1.165, 1.54) is 12.8 Å². The van der Waals surface area contributed by atoms with Gasteiger partial charge in [-0.25, -0.2) is 4.68 Å². The van der Waals surface area contributed by atoms with Gasteiger partial charge in [-0.3, -0.25) is 9.69 Å². The molecule has 1 aromatic carbocycles. The van der Waals surface area contributed by atoms with Crippen LogP contribution in [0.25, 0.3) is 11.5 Å². The summed E-state index contributed by atoms with van der Waals surface area (Å²) in [7, 11) is 0. The molecule has 2 fully saturated rings. The minimum Gasteiger partial charge on any atom is -0.409 e. The Morgan fingerprint density at radius 3 is 2.55 bits per heavy atom. The molecule has 0 saturated carbocycles. The lowest BCUT2D eigenvalue weighted by molar-refractivity contribution is -0.137. The average molecular weight is 435 g/mol. The van der Waals surface area contributed by atoms with E-state index in [1.54, 1.807) is 4.68 Å². The summed E-state index contributed by atoms with van der Waals surface area (Å²) >= 11 is 11.4. The maximum Gasteiger partial charge on any atom is 0.288 e. The molecule has 0 atom stereocenters. The minimum atomic E-state index is 0.150. The Kier molecular flexibility index (Phi) is 6.67. The number of hydrogen-bond acceptors (Lipinski definition) is 5. The Labute approximate surface area is 181 Å². The Hall–Kier alpha value is -1.70. The van der Waals surface area contributed by atoms with Crippen LogP contribution in [-0.4, -0.2) is 51.7 Å². The summed E-state index contributed by atoms with van der Waals surface area (Å²) in [5.41, 5.74) is 0.809. The van der Waals surface area contributed by atoms with Gasteiger partial charge in [0.05, 0.1) is 6.67 Å². The van der Waals surface area contributed by atoms with Crippen LogP contribution in [0.4, 0.5) is 0 Å². The molecule has 3 heterocycles. The molecule has 2 saturated heterocycles. The van der Waals surface area contributed by atoms with E-state index in [0.29, 0.717) is 28.3 Å². The van der Waals surface area contributed by atoms with Crippen LogP contribution in [0.1, 0.15) is 38.5 Å². The van der Waals surface area contributed by atoms with Crippen LogP contribution in [0, 0.1) is 10.8 Å². The van der Waals surface area contributed by atoms with Gasteiger partial charge >= 0.3 is 0 Å². The van der Waals surface area contributed by atoms with Crippen molar-refractivity contribution in [2.24, 2.45) is 5.92 Å². The molecule has 0 aliphatic carbocycles. The van der Waals surface area contributed by atoms with Crippen LogP contribution < -0.4 is 0 Å². The number of likely N-dealkylation sites (tertiary alicyclic amines) is 2. The quantitative estimate of drug-likeness (QED) is 0.658. The first-order valence-electron chi connectivity index (χ1n) is 10.5. The first kappa shape index (κ1) is 20.6. The van der Waals surface area contributed by atoms with Gasteiger partial charge < -0.3 is 9.32 Å². The Morgan fingerprint density at radius 2 is 1.86 bits per heavy atom. The van der Waals surface area contributed by atoms with Crippen molar-refractivity contribution in [3.8, 4) is 11.5 Å². The highest BCUT2D eigenvalue weighted by Crippen LogP contribution is 2.24. The third-order valence-electron chi connectivity index (χ3n) is 5.87. The number of carbonyl (C=O) groups excluding carboxylic acids is 1. The largest absolute Gasteiger partial charge is 0.409 e. The van der Waals surface area contributed by atoms with E-state index in [-0.39, 0.29) is 5.92 Å². The van der Waals surface area contributed by atoms with Gasteiger partial charge in [-0.2, -0.15) is 0 Å². The zero-order chi connectivity index (χ0) is 20.2. The monoisotopic (exact) mass is 434 g/mol. The van der Waals surface area contributed by atoms with Crippen LogP contribution in [0.15, 0.2) is 28.7 Å². The summed E-state index contributed by atoms with van der Waals surface area (Å²) in [6, 6.07) is 7.39. The molecule has 2 aromatic rings. The van der Waals surface area contributed by atoms with Crippen molar-refractivity contribution < 1.29 is 9.21 Å². The van der Waals surface area contributed by atoms with Crippen LogP contribution in [-0.2, 0) is 11.5 Å². The second kappa shape index (κ2) is 9.41. The first-order chi connectivity index (χ1) is 14.1. The third kappa shape index (κ3) is 5.08. The molecule has 156 valence electrons. The molecule has 1 aromatic heterocycles. The molecule has 1 amide bonds. The summed E-state index contributed by atoms with van der Waals surface area (Å²) in [6.45, 7) is 4.17. The number of benzene rings is 1. The van der Waals surface area contributed by atoms with E-state index in [0.717, 1.165) is 57.4 Å². The zero-order valence-corrected chi connectivity index (χ0v) is 18.1. The van der Waals surface area contributed by atoms with Crippen LogP contribution in [0.3, 0.4) is 0 Å². The Balaban J connectivity index is 1.34. The number of rotatable bonds is 4. The molecule has 29 heavy (non-hydrogen) atoms. The van der Waals surface area contributed by atoms with E-state index in [1.807, 2.05) is 24.3 Å². The van der Waals surface area contributed by atoms with Crippen molar-refractivity contribution in [2.45, 2.75) is 45.2 Å². The molecule has 4 rings (SSSR count). The maximum absolute atomic E-state index is 12.9. The van der Waals surface area contributed by atoms with E-state index >= 15 is 0 Å². The van der Waals surface area contributed by atoms with Crippen LogP contribution in [0.2, 0.25) is 5.02 Å². The van der Waals surface area contributed by atoms with Gasteiger partial charge in [-0.1, -0.05) is 30.5 Å². The zero-order valence-electron chi connectivity index (χ0n) is 16.6. The molecule has 2 aliphatic heterocycles. The lowest BCUT2D eigenvalue weighted by atomic mass is 9.95. The molecular weight excluding hydrogens is 408 g/mol. The van der Waals surface area contributed by atoms with Crippen molar-refractivity contribution in [1.82, 2.24) is 19.6 Å². The Bertz CT molecular complexity index is 896. The molecule has 2 aliphatic rings. The fourth-order valence-electron chi connectivity index (χ4n) is 4.19. The second-order valence-corrected chi connectivity index (χ2v) is 8.74. The van der Waals surface area contributed by atoms with Gasteiger partial charge in [0.15, 0.2) is 0 Å². The van der Waals surface area contributed by atoms with Gasteiger partial charge in [0.1, 0.15) is 0 Å². The highest BCUT2D eigenvalue weighted by molar-refractivity contribution is 7.71. The number of hydrogen-bond donors (Lipinski definition) is 0. The number of aromatic nitrogens is 2. The fourth-order valence-corrected chi connectivity index (χ4v) is 4.56. The number of halogens is 1. The standard InChI is InChI=1S/C21H27ClN4O2S/c22-18-7-5-6-17(14-18)19-23-26(21(29)28-19)15-24-12-8-16(9-13-24)20(27)25-10-3-1-2-4-11-25/h5-7,14,16H,1-4,8-13,15H2. The van der Waals surface area contributed by atoms with Crippen LogP contribution in [0.5, 0.6) is 0 Å². The van der Waals surface area contributed by atoms with Gasteiger partial charge in [0.2, 0.25) is 11.8 Å². The smallest absolute Gasteiger partial charge is 0.288 e. The average Bonchev–Trinajstić information content (AvgIpc) is 2.93. The van der Waals surface area contributed by atoms with Crippen molar-refractivity contribution in [2.75, 3.05) is 26.2 Å². The molecule has 8 heteroatoms. The predicted molar refractivity (Wildman–Crippen MR) is 115 cm³/mol. The van der Waals surface area contributed by atoms with E-state index < -0.39 is 0 Å². The summed E-state index contributed by atoms with van der Waals surface area (Å²) in [5.74, 6) is 0.980. The molecule has 6 nitrogen and oxygen atoms in total. The normalized spacial score (nSPS) is 19.3. The minimum absolute atomic E-state index is 0.150. The molecule has 0 spiro atoms. The van der Waals surface area contributed by atoms with E-state index in [4.69, 9.17) is 28.2 Å². The Morgan fingerprint density at radius 1 is 1.14 bits per heavy atom. The lowest BCUT2D eigenvalue weighted by Gasteiger charge is -2.33. The highest BCUT2D eigenvalue weighted by Gasteiger charge is 2.29. The third-order valence-corrected chi connectivity index (χ3v) is 6.40. The molecule has 0 bridgehead atoms. The van der Waals surface area contributed by atoms with Crippen molar-refractivity contribution >= 4 is 29.7 Å². The SMILES string of the molecule is O=C(C1CCN(Cn2nc(-c3cccc(Cl)c3)oc2=S)CC1)N1CCCCCC1. The number of piperidine rings is 1.